The summed E-state index contributed by atoms with van der Waals surface area (Å²) in [4.78, 5) is 18.2. The summed E-state index contributed by atoms with van der Waals surface area (Å²) < 4.78 is 5.17. The maximum absolute atomic E-state index is 10.6. The Balaban J connectivity index is 2.75. The fourth-order valence-electron chi connectivity index (χ4n) is 0.715. The fourth-order valence-corrected chi connectivity index (χ4v) is 0.715. The molecular formula is C8H11N3O2. The normalized spacial score (nSPS) is 10.1. The monoisotopic (exact) mass is 181 g/mol. The van der Waals surface area contributed by atoms with Crippen LogP contribution in [0.5, 0.6) is 6.01 Å². The first-order valence-electron chi connectivity index (χ1n) is 3.88. The van der Waals surface area contributed by atoms with Gasteiger partial charge in [0, 0.05) is 12.4 Å². The molecule has 1 aromatic rings. The molecule has 0 aliphatic rings. The van der Waals surface area contributed by atoms with Gasteiger partial charge >= 0.3 is 6.01 Å². The van der Waals surface area contributed by atoms with Crippen molar-refractivity contribution in [3.8, 4) is 6.01 Å². The number of nitrogens with two attached hydrogens (primary N) is 1. The Morgan fingerprint density at radius 2 is 2.00 bits per heavy atom. The van der Waals surface area contributed by atoms with Gasteiger partial charge < -0.3 is 10.5 Å². The number of aromatic nitrogens is 2. The minimum Gasteiger partial charge on any atom is -0.461 e. The molecule has 5 heteroatoms. The van der Waals surface area contributed by atoms with E-state index in [4.69, 9.17) is 10.5 Å². The van der Waals surface area contributed by atoms with E-state index in [9.17, 15) is 4.79 Å². The van der Waals surface area contributed by atoms with Gasteiger partial charge in [0.25, 0.3) is 5.91 Å². The Hall–Kier alpha value is -1.65. The number of carbonyl (C=O) groups is 1. The molecule has 0 bridgehead atoms. The molecule has 2 N–H and O–H groups in total. The van der Waals surface area contributed by atoms with Crippen molar-refractivity contribution < 1.29 is 9.53 Å². The first kappa shape index (κ1) is 9.44. The van der Waals surface area contributed by atoms with Crippen LogP contribution < -0.4 is 10.5 Å². The summed E-state index contributed by atoms with van der Waals surface area (Å²) in [6.07, 6.45) is 2.69. The van der Waals surface area contributed by atoms with Crippen LogP contribution in [0.3, 0.4) is 0 Å². The molecule has 0 saturated heterocycles. The molecular weight excluding hydrogens is 170 g/mol. The second-order valence-electron chi connectivity index (χ2n) is 2.79. The van der Waals surface area contributed by atoms with Gasteiger partial charge in [-0.25, -0.2) is 9.97 Å². The number of nitrogens with zero attached hydrogens (tertiary/aromatic N) is 2. The van der Waals surface area contributed by atoms with Crippen molar-refractivity contribution in [3.05, 3.63) is 18.0 Å². The lowest BCUT2D eigenvalue weighted by Crippen LogP contribution is -2.13. The lowest BCUT2D eigenvalue weighted by atomic mass is 10.3. The first-order chi connectivity index (χ1) is 6.09. The summed E-state index contributed by atoms with van der Waals surface area (Å²) in [5, 5.41) is 0. The van der Waals surface area contributed by atoms with Crippen LogP contribution in [0.1, 0.15) is 24.2 Å². The Morgan fingerprint density at radius 1 is 1.46 bits per heavy atom. The number of hydrogen-bond acceptors (Lipinski definition) is 4. The molecule has 0 unspecified atom stereocenters. The Morgan fingerprint density at radius 3 is 2.38 bits per heavy atom. The number of carbonyl (C=O) groups excluding carboxylic acids is 1. The van der Waals surface area contributed by atoms with E-state index in [0.29, 0.717) is 0 Å². The van der Waals surface area contributed by atoms with E-state index in [2.05, 4.69) is 9.97 Å². The van der Waals surface area contributed by atoms with E-state index >= 15 is 0 Å². The minimum absolute atomic E-state index is 0.0134. The number of ether oxygens (including phenoxy) is 1. The molecule has 0 aliphatic heterocycles. The molecule has 0 saturated carbocycles. The van der Waals surface area contributed by atoms with Crippen molar-refractivity contribution >= 4 is 5.91 Å². The zero-order chi connectivity index (χ0) is 9.84. The van der Waals surface area contributed by atoms with E-state index < -0.39 is 5.91 Å². The zero-order valence-corrected chi connectivity index (χ0v) is 7.52. The Labute approximate surface area is 75.9 Å². The summed E-state index contributed by atoms with van der Waals surface area (Å²) in [6.45, 7) is 3.73. The SMILES string of the molecule is CC(C)Oc1ncc(C(N)=O)cn1. The second kappa shape index (κ2) is 3.84. The maximum Gasteiger partial charge on any atom is 0.316 e. The average Bonchev–Trinajstić information content (AvgIpc) is 2.04. The Kier molecular flexibility index (Phi) is 2.79. The van der Waals surface area contributed by atoms with E-state index in [0.717, 1.165) is 0 Å². The van der Waals surface area contributed by atoms with Crippen molar-refractivity contribution in [2.45, 2.75) is 20.0 Å². The summed E-state index contributed by atoms with van der Waals surface area (Å²) in [5.74, 6) is -0.545. The third-order valence-electron chi connectivity index (χ3n) is 1.25. The molecule has 0 fully saturated rings. The molecule has 1 amide bonds. The predicted octanol–water partition coefficient (Wildman–Crippen LogP) is 0.363. The highest BCUT2D eigenvalue weighted by atomic mass is 16.5. The molecule has 1 rings (SSSR count). The summed E-state index contributed by atoms with van der Waals surface area (Å²) >= 11 is 0. The van der Waals surface area contributed by atoms with Crippen molar-refractivity contribution in [3.63, 3.8) is 0 Å². The van der Waals surface area contributed by atoms with Gasteiger partial charge in [-0.3, -0.25) is 4.79 Å². The minimum atomic E-state index is -0.545. The largest absolute Gasteiger partial charge is 0.461 e. The van der Waals surface area contributed by atoms with Gasteiger partial charge in [-0.15, -0.1) is 0 Å². The van der Waals surface area contributed by atoms with Gasteiger partial charge in [0.1, 0.15) is 0 Å². The summed E-state index contributed by atoms with van der Waals surface area (Å²) in [5.41, 5.74) is 5.28. The molecule has 5 nitrogen and oxygen atoms in total. The summed E-state index contributed by atoms with van der Waals surface area (Å²) in [6, 6.07) is 0.250. The number of hydrogen-bond donors (Lipinski definition) is 1. The highest BCUT2D eigenvalue weighted by molar-refractivity contribution is 5.92. The topological polar surface area (TPSA) is 78.1 Å². The molecule has 0 aromatic carbocycles. The third kappa shape index (κ3) is 2.70. The van der Waals surface area contributed by atoms with Gasteiger partial charge in [0.15, 0.2) is 0 Å². The molecule has 0 spiro atoms. The second-order valence-corrected chi connectivity index (χ2v) is 2.79. The van der Waals surface area contributed by atoms with Crippen LogP contribution in [0.25, 0.3) is 0 Å². The smallest absolute Gasteiger partial charge is 0.316 e. The zero-order valence-electron chi connectivity index (χ0n) is 7.52. The Bertz CT molecular complexity index is 295. The molecule has 0 aliphatic carbocycles. The van der Waals surface area contributed by atoms with Crippen LogP contribution in [0.4, 0.5) is 0 Å². The molecule has 1 heterocycles. The molecule has 70 valence electrons. The van der Waals surface area contributed by atoms with E-state index in [-0.39, 0.29) is 17.7 Å². The van der Waals surface area contributed by atoms with Crippen LogP contribution in [-0.4, -0.2) is 22.0 Å². The van der Waals surface area contributed by atoms with Crippen molar-refractivity contribution in [2.24, 2.45) is 5.73 Å². The van der Waals surface area contributed by atoms with Crippen LogP contribution >= 0.6 is 0 Å². The van der Waals surface area contributed by atoms with Crippen LogP contribution in [-0.2, 0) is 0 Å². The quantitative estimate of drug-likeness (QED) is 0.730. The average molecular weight is 181 g/mol. The van der Waals surface area contributed by atoms with Gasteiger partial charge in [0.2, 0.25) is 0 Å². The van der Waals surface area contributed by atoms with Crippen molar-refractivity contribution in [1.82, 2.24) is 9.97 Å². The van der Waals surface area contributed by atoms with E-state index in [1.807, 2.05) is 13.8 Å². The highest BCUT2D eigenvalue weighted by Gasteiger charge is 2.03. The van der Waals surface area contributed by atoms with Crippen molar-refractivity contribution in [1.29, 1.82) is 0 Å². The molecule has 1 aromatic heterocycles. The summed E-state index contributed by atoms with van der Waals surface area (Å²) in [7, 11) is 0. The van der Waals surface area contributed by atoms with Crippen LogP contribution in [0, 0.1) is 0 Å². The standard InChI is InChI=1S/C8H11N3O2/c1-5(2)13-8-10-3-6(4-11-8)7(9)12/h3-5H,1-2H3,(H2,9,12). The lowest BCUT2D eigenvalue weighted by molar-refractivity contribution is 0.0999. The predicted molar refractivity (Wildman–Crippen MR) is 46.3 cm³/mol. The molecule has 0 radical (unpaired) electrons. The van der Waals surface area contributed by atoms with E-state index in [1.54, 1.807) is 0 Å². The van der Waals surface area contributed by atoms with Gasteiger partial charge in [0.05, 0.1) is 11.7 Å². The third-order valence-corrected chi connectivity index (χ3v) is 1.25. The van der Waals surface area contributed by atoms with E-state index in [1.165, 1.54) is 12.4 Å². The van der Waals surface area contributed by atoms with Gasteiger partial charge in [-0.2, -0.15) is 0 Å². The van der Waals surface area contributed by atoms with Crippen molar-refractivity contribution in [2.75, 3.05) is 0 Å². The number of rotatable bonds is 3. The number of primary amides is 1. The maximum atomic E-state index is 10.6. The first-order valence-corrected chi connectivity index (χ1v) is 3.88. The van der Waals surface area contributed by atoms with Crippen LogP contribution in [0.15, 0.2) is 12.4 Å². The number of amides is 1. The van der Waals surface area contributed by atoms with Gasteiger partial charge in [-0.1, -0.05) is 0 Å². The highest BCUT2D eigenvalue weighted by Crippen LogP contribution is 2.03. The van der Waals surface area contributed by atoms with Gasteiger partial charge in [-0.05, 0) is 13.8 Å². The molecule has 0 atom stereocenters. The lowest BCUT2D eigenvalue weighted by Gasteiger charge is -2.06. The van der Waals surface area contributed by atoms with Crippen LogP contribution in [0.2, 0.25) is 0 Å². The molecule has 13 heavy (non-hydrogen) atoms. The fraction of sp³-hybridized carbons (Fsp3) is 0.375.